The average Bonchev–Trinajstić information content (AvgIpc) is 2.60. The van der Waals surface area contributed by atoms with Crippen molar-refractivity contribution in [3.05, 3.63) is 22.7 Å². The van der Waals surface area contributed by atoms with Crippen LogP contribution >= 0.6 is 24.0 Å². The number of rotatable bonds is 7. The molecule has 1 aliphatic rings. The van der Waals surface area contributed by atoms with Crippen LogP contribution in [0.15, 0.2) is 12.1 Å². The SMILES string of the molecule is CCCOC1(CNC(=O)c2cc(Cl)c(N)cc2OC)CCCCC1.Cl. The molecule has 0 atom stereocenters. The summed E-state index contributed by atoms with van der Waals surface area (Å²) in [5.74, 6) is 0.195. The van der Waals surface area contributed by atoms with Crippen LogP contribution in [0.4, 0.5) is 5.69 Å². The van der Waals surface area contributed by atoms with E-state index in [1.54, 1.807) is 12.1 Å². The number of methoxy groups -OCH3 is 1. The Labute approximate surface area is 161 Å². The van der Waals surface area contributed by atoms with E-state index in [1.807, 2.05) is 0 Å². The van der Waals surface area contributed by atoms with E-state index in [2.05, 4.69) is 12.2 Å². The maximum Gasteiger partial charge on any atom is 0.255 e. The zero-order chi connectivity index (χ0) is 17.6. The molecule has 0 saturated heterocycles. The van der Waals surface area contributed by atoms with E-state index >= 15 is 0 Å². The Morgan fingerprint density at radius 1 is 1.32 bits per heavy atom. The minimum absolute atomic E-state index is 0. The van der Waals surface area contributed by atoms with Crippen LogP contribution in [0.2, 0.25) is 5.02 Å². The van der Waals surface area contributed by atoms with Crippen LogP contribution in [-0.2, 0) is 4.74 Å². The molecule has 1 amide bonds. The zero-order valence-electron chi connectivity index (χ0n) is 14.9. The molecule has 0 radical (unpaired) electrons. The van der Waals surface area contributed by atoms with Crippen molar-refractivity contribution in [3.8, 4) is 5.75 Å². The lowest BCUT2D eigenvalue weighted by Crippen LogP contribution is -2.46. The molecule has 2 rings (SSSR count). The van der Waals surface area contributed by atoms with Crippen LogP contribution in [0.3, 0.4) is 0 Å². The largest absolute Gasteiger partial charge is 0.496 e. The van der Waals surface area contributed by atoms with Crippen molar-refractivity contribution in [2.75, 3.05) is 26.0 Å². The van der Waals surface area contributed by atoms with Crippen LogP contribution in [0.5, 0.6) is 5.75 Å². The summed E-state index contributed by atoms with van der Waals surface area (Å²) in [6, 6.07) is 3.12. The molecule has 1 aliphatic carbocycles. The number of carbonyl (C=O) groups excluding carboxylic acids is 1. The van der Waals surface area contributed by atoms with Gasteiger partial charge in [-0.15, -0.1) is 12.4 Å². The number of anilines is 1. The second-order valence-electron chi connectivity index (χ2n) is 6.35. The molecule has 0 heterocycles. The van der Waals surface area contributed by atoms with Gasteiger partial charge >= 0.3 is 0 Å². The molecule has 0 spiro atoms. The zero-order valence-corrected chi connectivity index (χ0v) is 16.5. The third kappa shape index (κ3) is 5.66. The van der Waals surface area contributed by atoms with Gasteiger partial charge in [-0.1, -0.05) is 37.8 Å². The first-order valence-electron chi connectivity index (χ1n) is 8.56. The van der Waals surface area contributed by atoms with Crippen molar-refractivity contribution >= 4 is 35.6 Å². The van der Waals surface area contributed by atoms with E-state index in [0.29, 0.717) is 35.2 Å². The van der Waals surface area contributed by atoms with Crippen LogP contribution in [0, 0.1) is 0 Å². The highest BCUT2D eigenvalue weighted by Gasteiger charge is 2.33. The van der Waals surface area contributed by atoms with Gasteiger partial charge in [0.1, 0.15) is 5.75 Å². The van der Waals surface area contributed by atoms with Gasteiger partial charge in [0.05, 0.1) is 29.0 Å². The molecule has 0 aromatic heterocycles. The Hall–Kier alpha value is -1.17. The average molecular weight is 391 g/mol. The molecule has 0 unspecified atom stereocenters. The van der Waals surface area contributed by atoms with Gasteiger partial charge in [-0.2, -0.15) is 0 Å². The molecule has 0 aliphatic heterocycles. The molecule has 1 fully saturated rings. The minimum atomic E-state index is -0.255. The highest BCUT2D eigenvalue weighted by molar-refractivity contribution is 6.33. The van der Waals surface area contributed by atoms with E-state index in [-0.39, 0.29) is 23.9 Å². The molecule has 25 heavy (non-hydrogen) atoms. The number of nitrogens with one attached hydrogen (secondary N) is 1. The van der Waals surface area contributed by atoms with Gasteiger partial charge in [0.2, 0.25) is 0 Å². The van der Waals surface area contributed by atoms with Gasteiger partial charge in [-0.3, -0.25) is 4.79 Å². The fourth-order valence-electron chi connectivity index (χ4n) is 3.14. The molecule has 1 aromatic carbocycles. The summed E-state index contributed by atoms with van der Waals surface area (Å²) in [5.41, 5.74) is 6.29. The lowest BCUT2D eigenvalue weighted by atomic mass is 9.84. The molecule has 1 saturated carbocycles. The number of amides is 1. The number of carbonyl (C=O) groups is 1. The topological polar surface area (TPSA) is 73.6 Å². The van der Waals surface area contributed by atoms with E-state index in [1.165, 1.54) is 13.5 Å². The standard InChI is InChI=1S/C18H27ClN2O3.ClH/c1-3-9-24-18(7-5-4-6-8-18)12-21-17(22)13-10-14(19)15(20)11-16(13)23-2;/h10-11H,3-9,12,20H2,1-2H3,(H,21,22);1H. The summed E-state index contributed by atoms with van der Waals surface area (Å²) in [5, 5.41) is 3.34. The number of benzene rings is 1. The Morgan fingerprint density at radius 2 is 2.00 bits per heavy atom. The lowest BCUT2D eigenvalue weighted by Gasteiger charge is -2.37. The number of nitrogens with two attached hydrogens (primary N) is 1. The summed E-state index contributed by atoms with van der Waals surface area (Å²) >= 11 is 6.05. The first-order valence-corrected chi connectivity index (χ1v) is 8.94. The van der Waals surface area contributed by atoms with Crippen LogP contribution < -0.4 is 15.8 Å². The van der Waals surface area contributed by atoms with Crippen LogP contribution in [0.25, 0.3) is 0 Å². The van der Waals surface area contributed by atoms with Gasteiger partial charge in [-0.25, -0.2) is 0 Å². The van der Waals surface area contributed by atoms with Crippen molar-refractivity contribution < 1.29 is 14.3 Å². The van der Waals surface area contributed by atoms with Crippen molar-refractivity contribution in [1.29, 1.82) is 0 Å². The predicted molar refractivity (Wildman–Crippen MR) is 104 cm³/mol. The molecular weight excluding hydrogens is 363 g/mol. The minimum Gasteiger partial charge on any atom is -0.496 e. The monoisotopic (exact) mass is 390 g/mol. The van der Waals surface area contributed by atoms with Crippen molar-refractivity contribution in [2.45, 2.75) is 51.0 Å². The quantitative estimate of drug-likeness (QED) is 0.683. The summed E-state index contributed by atoms with van der Waals surface area (Å²) in [7, 11) is 1.51. The fraction of sp³-hybridized carbons (Fsp3) is 0.611. The maximum absolute atomic E-state index is 12.6. The third-order valence-corrected chi connectivity index (χ3v) is 4.84. The predicted octanol–water partition coefficient (Wildman–Crippen LogP) is 4.21. The van der Waals surface area contributed by atoms with Crippen molar-refractivity contribution in [3.63, 3.8) is 0 Å². The van der Waals surface area contributed by atoms with Gasteiger partial charge in [0, 0.05) is 19.2 Å². The van der Waals surface area contributed by atoms with Gasteiger partial charge < -0.3 is 20.5 Å². The van der Waals surface area contributed by atoms with Gasteiger partial charge in [-0.05, 0) is 25.3 Å². The first kappa shape index (κ1) is 21.9. The number of ether oxygens (including phenoxy) is 2. The van der Waals surface area contributed by atoms with Crippen LogP contribution in [-0.4, -0.2) is 31.8 Å². The Balaban J connectivity index is 0.00000312. The van der Waals surface area contributed by atoms with Crippen molar-refractivity contribution in [1.82, 2.24) is 5.32 Å². The fourth-order valence-corrected chi connectivity index (χ4v) is 3.30. The highest BCUT2D eigenvalue weighted by atomic mass is 35.5. The Bertz CT molecular complexity index is 576. The molecule has 1 aromatic rings. The lowest BCUT2D eigenvalue weighted by molar-refractivity contribution is -0.0669. The third-order valence-electron chi connectivity index (χ3n) is 4.51. The molecule has 3 N–H and O–H groups in total. The summed E-state index contributed by atoms with van der Waals surface area (Å²) in [6.45, 7) is 3.31. The van der Waals surface area contributed by atoms with E-state index in [4.69, 9.17) is 26.8 Å². The first-order chi connectivity index (χ1) is 11.5. The van der Waals surface area contributed by atoms with Crippen molar-refractivity contribution in [2.24, 2.45) is 0 Å². The summed E-state index contributed by atoms with van der Waals surface area (Å²) in [4.78, 5) is 12.6. The Kier molecular flexibility index (Phi) is 8.83. The highest BCUT2D eigenvalue weighted by Crippen LogP contribution is 2.32. The summed E-state index contributed by atoms with van der Waals surface area (Å²) < 4.78 is 11.4. The van der Waals surface area contributed by atoms with E-state index < -0.39 is 0 Å². The molecule has 5 nitrogen and oxygen atoms in total. The second kappa shape index (κ2) is 10.1. The smallest absolute Gasteiger partial charge is 0.255 e. The summed E-state index contributed by atoms with van der Waals surface area (Å²) in [6.07, 6.45) is 6.43. The Morgan fingerprint density at radius 3 is 2.60 bits per heavy atom. The van der Waals surface area contributed by atoms with Gasteiger partial charge in [0.15, 0.2) is 0 Å². The van der Waals surface area contributed by atoms with Crippen LogP contribution in [0.1, 0.15) is 55.8 Å². The molecular formula is C18H28Cl2N2O3. The molecule has 142 valence electrons. The maximum atomic E-state index is 12.6. The number of nitrogen functional groups attached to an aromatic ring is 1. The van der Waals surface area contributed by atoms with E-state index in [9.17, 15) is 4.79 Å². The number of hydrogen-bond donors (Lipinski definition) is 2. The van der Waals surface area contributed by atoms with Gasteiger partial charge in [0.25, 0.3) is 5.91 Å². The number of hydrogen-bond acceptors (Lipinski definition) is 4. The second-order valence-corrected chi connectivity index (χ2v) is 6.76. The van der Waals surface area contributed by atoms with E-state index in [0.717, 1.165) is 32.1 Å². The normalized spacial score (nSPS) is 16.0. The molecule has 0 bridgehead atoms. The molecule has 7 heteroatoms. The number of halogens is 2.